The van der Waals surface area contributed by atoms with Gasteiger partial charge in [0.2, 0.25) is 0 Å². The quantitative estimate of drug-likeness (QED) is 0.505. The van der Waals surface area contributed by atoms with Crippen molar-refractivity contribution in [1.29, 1.82) is 0 Å². The summed E-state index contributed by atoms with van der Waals surface area (Å²) in [6.45, 7) is 5.10. The summed E-state index contributed by atoms with van der Waals surface area (Å²) in [5.41, 5.74) is 1.61. The molecule has 1 saturated heterocycles. The van der Waals surface area contributed by atoms with Gasteiger partial charge in [-0.05, 0) is 26.0 Å². The number of fused-ring (bicyclic) bond motifs is 1. The lowest BCUT2D eigenvalue weighted by Gasteiger charge is -2.34. The molecule has 6 nitrogen and oxygen atoms in total. The molecule has 1 amide bonds. The molecule has 3 heterocycles. The van der Waals surface area contributed by atoms with Crippen LogP contribution < -0.4 is 0 Å². The van der Waals surface area contributed by atoms with Gasteiger partial charge in [-0.1, -0.05) is 30.0 Å². The van der Waals surface area contributed by atoms with Gasteiger partial charge in [0.1, 0.15) is 5.58 Å². The number of carbonyl (C=O) groups excluding carboxylic acids is 1. The molecule has 2 aromatic heterocycles. The van der Waals surface area contributed by atoms with Crippen LogP contribution in [0.25, 0.3) is 11.0 Å². The molecule has 0 unspecified atom stereocenters. The highest BCUT2D eigenvalue weighted by Crippen LogP contribution is 2.32. The summed E-state index contributed by atoms with van der Waals surface area (Å²) < 4.78 is 11.7. The van der Waals surface area contributed by atoms with Gasteiger partial charge < -0.3 is 14.1 Å². The monoisotopic (exact) mass is 383 g/mol. The smallest absolute Gasteiger partial charge is 0.290 e. The van der Waals surface area contributed by atoms with Gasteiger partial charge in [-0.25, -0.2) is 9.97 Å². The molecule has 3 aromatic rings. The third kappa shape index (κ3) is 3.84. The minimum absolute atomic E-state index is 0.0117. The Kier molecular flexibility index (Phi) is 5.13. The summed E-state index contributed by atoms with van der Waals surface area (Å²) in [6.07, 6.45) is 3.45. The number of furan rings is 1. The Morgan fingerprint density at radius 3 is 2.59 bits per heavy atom. The maximum Gasteiger partial charge on any atom is 0.290 e. The van der Waals surface area contributed by atoms with E-state index in [0.717, 1.165) is 16.5 Å². The van der Waals surface area contributed by atoms with E-state index in [9.17, 15) is 4.79 Å². The maximum absolute atomic E-state index is 13.2. The van der Waals surface area contributed by atoms with Crippen LogP contribution in [0.2, 0.25) is 0 Å². The number of nitrogens with zero attached hydrogens (tertiary/aromatic N) is 3. The van der Waals surface area contributed by atoms with Gasteiger partial charge >= 0.3 is 0 Å². The summed E-state index contributed by atoms with van der Waals surface area (Å²) in [5.74, 6) is 0.885. The molecule has 0 aliphatic carbocycles. The molecular weight excluding hydrogens is 362 g/mol. The zero-order valence-corrected chi connectivity index (χ0v) is 16.1. The van der Waals surface area contributed by atoms with Crippen molar-refractivity contribution in [3.8, 4) is 0 Å². The van der Waals surface area contributed by atoms with Crippen LogP contribution in [0.5, 0.6) is 0 Å². The van der Waals surface area contributed by atoms with Gasteiger partial charge in [-0.3, -0.25) is 4.79 Å². The van der Waals surface area contributed by atoms with Crippen molar-refractivity contribution in [2.24, 2.45) is 0 Å². The highest BCUT2D eigenvalue weighted by atomic mass is 32.2. The topological polar surface area (TPSA) is 68.5 Å². The molecule has 1 aromatic carbocycles. The first kappa shape index (κ1) is 18.0. The summed E-state index contributed by atoms with van der Waals surface area (Å²) in [7, 11) is 0. The fourth-order valence-electron chi connectivity index (χ4n) is 3.40. The first-order valence-electron chi connectivity index (χ1n) is 8.97. The van der Waals surface area contributed by atoms with Gasteiger partial charge in [0.25, 0.3) is 5.91 Å². The number of aromatic nitrogens is 2. The number of para-hydroxylation sites is 1. The second-order valence-electron chi connectivity index (χ2n) is 6.69. The molecule has 0 saturated carbocycles. The molecule has 1 aliphatic heterocycles. The normalized spacial score (nSPS) is 20.1. The molecule has 0 spiro atoms. The van der Waals surface area contributed by atoms with Crippen molar-refractivity contribution < 1.29 is 13.9 Å². The second kappa shape index (κ2) is 7.70. The first-order valence-corrected chi connectivity index (χ1v) is 9.95. The average Bonchev–Trinajstić information content (AvgIpc) is 3.04. The van der Waals surface area contributed by atoms with E-state index < -0.39 is 0 Å². The van der Waals surface area contributed by atoms with Gasteiger partial charge in [-0.15, -0.1) is 0 Å². The molecule has 7 heteroatoms. The lowest BCUT2D eigenvalue weighted by Crippen LogP contribution is -2.48. The van der Waals surface area contributed by atoms with E-state index in [1.54, 1.807) is 18.5 Å². The largest absolute Gasteiger partial charge is 0.451 e. The SMILES string of the molecule is C[C@@H]1CN(C(=O)c2oc3ccccc3c2CSc2ncccn2)C[C@@H](C)O1. The number of amides is 1. The number of morpholine rings is 1. The number of hydrogen-bond donors (Lipinski definition) is 0. The lowest BCUT2D eigenvalue weighted by atomic mass is 10.1. The van der Waals surface area contributed by atoms with Gasteiger partial charge in [0.15, 0.2) is 10.9 Å². The van der Waals surface area contributed by atoms with E-state index in [2.05, 4.69) is 9.97 Å². The highest BCUT2D eigenvalue weighted by Gasteiger charge is 2.30. The number of benzene rings is 1. The standard InChI is InChI=1S/C20H21N3O3S/c1-13-10-23(11-14(2)25-13)19(24)18-16(12-27-20-21-8-5-9-22-20)15-6-3-4-7-17(15)26-18/h3-9,13-14H,10-12H2,1-2H3/t13-,14-/m1/s1. The van der Waals surface area contributed by atoms with Crippen molar-refractivity contribution >= 4 is 28.6 Å². The minimum atomic E-state index is -0.0854. The Bertz CT molecular complexity index is 934. The van der Waals surface area contributed by atoms with E-state index in [0.29, 0.717) is 29.8 Å². The number of carbonyl (C=O) groups is 1. The Labute approximate surface area is 161 Å². The fourth-order valence-corrected chi connectivity index (χ4v) is 4.23. The molecule has 4 rings (SSSR count). The van der Waals surface area contributed by atoms with Crippen LogP contribution in [0.3, 0.4) is 0 Å². The van der Waals surface area contributed by atoms with Crippen molar-refractivity contribution in [3.63, 3.8) is 0 Å². The fraction of sp³-hybridized carbons (Fsp3) is 0.350. The summed E-state index contributed by atoms with van der Waals surface area (Å²) in [5, 5.41) is 1.63. The number of thioether (sulfide) groups is 1. The zero-order chi connectivity index (χ0) is 18.8. The maximum atomic E-state index is 13.2. The Hall–Kier alpha value is -2.38. The van der Waals surface area contributed by atoms with Gasteiger partial charge in [0.05, 0.1) is 12.2 Å². The number of ether oxygens (including phenoxy) is 1. The third-order valence-corrected chi connectivity index (χ3v) is 5.39. The lowest BCUT2D eigenvalue weighted by molar-refractivity contribution is -0.0592. The van der Waals surface area contributed by atoms with Crippen molar-refractivity contribution in [3.05, 3.63) is 54.0 Å². The van der Waals surface area contributed by atoms with Crippen molar-refractivity contribution in [2.45, 2.75) is 37.0 Å². The number of hydrogen-bond acceptors (Lipinski definition) is 6. The second-order valence-corrected chi connectivity index (χ2v) is 7.64. The Morgan fingerprint density at radius 2 is 1.85 bits per heavy atom. The minimum Gasteiger partial charge on any atom is -0.451 e. The Balaban J connectivity index is 1.66. The molecular formula is C20H21N3O3S. The summed E-state index contributed by atoms with van der Waals surface area (Å²) >= 11 is 1.49. The predicted octanol–water partition coefficient (Wildman–Crippen LogP) is 3.76. The van der Waals surface area contributed by atoms with Crippen LogP contribution in [0.4, 0.5) is 0 Å². The molecule has 2 atom stereocenters. The van der Waals surface area contributed by atoms with Crippen LogP contribution in [-0.4, -0.2) is 46.1 Å². The summed E-state index contributed by atoms with van der Waals surface area (Å²) in [6, 6.07) is 9.53. The zero-order valence-electron chi connectivity index (χ0n) is 15.3. The molecule has 0 bridgehead atoms. The summed E-state index contributed by atoms with van der Waals surface area (Å²) in [4.78, 5) is 23.6. The first-order chi connectivity index (χ1) is 13.1. The molecule has 1 fully saturated rings. The Morgan fingerprint density at radius 1 is 1.15 bits per heavy atom. The van der Waals surface area contributed by atoms with Crippen molar-refractivity contribution in [1.82, 2.24) is 14.9 Å². The van der Waals surface area contributed by atoms with Crippen LogP contribution in [0.1, 0.15) is 30.0 Å². The molecule has 0 radical (unpaired) electrons. The van der Waals surface area contributed by atoms with Gasteiger partial charge in [0, 0.05) is 42.2 Å². The van der Waals surface area contributed by atoms with E-state index >= 15 is 0 Å². The average molecular weight is 383 g/mol. The molecule has 1 aliphatic rings. The van der Waals surface area contributed by atoms with E-state index in [1.807, 2.05) is 43.0 Å². The van der Waals surface area contributed by atoms with Crippen LogP contribution >= 0.6 is 11.8 Å². The van der Waals surface area contributed by atoms with Crippen LogP contribution in [0.15, 0.2) is 52.3 Å². The predicted molar refractivity (Wildman–Crippen MR) is 104 cm³/mol. The highest BCUT2D eigenvalue weighted by molar-refractivity contribution is 7.98. The molecule has 140 valence electrons. The van der Waals surface area contributed by atoms with Crippen LogP contribution in [0, 0.1) is 0 Å². The van der Waals surface area contributed by atoms with E-state index in [1.165, 1.54) is 11.8 Å². The number of rotatable bonds is 4. The van der Waals surface area contributed by atoms with E-state index in [4.69, 9.17) is 9.15 Å². The third-order valence-electron chi connectivity index (χ3n) is 4.49. The van der Waals surface area contributed by atoms with Crippen molar-refractivity contribution in [2.75, 3.05) is 13.1 Å². The van der Waals surface area contributed by atoms with Gasteiger partial charge in [-0.2, -0.15) is 0 Å². The molecule has 27 heavy (non-hydrogen) atoms. The molecule has 0 N–H and O–H groups in total. The van der Waals surface area contributed by atoms with E-state index in [-0.39, 0.29) is 18.1 Å². The van der Waals surface area contributed by atoms with Crippen LogP contribution in [-0.2, 0) is 10.5 Å².